The number of rotatable bonds is 6. The monoisotopic (exact) mass is 374 g/mol. The van der Waals surface area contributed by atoms with Gasteiger partial charge in [-0.05, 0) is 35.9 Å². The average Bonchev–Trinajstić information content (AvgIpc) is 3.17. The number of aromatic nitrogens is 2. The number of hydrogen-bond donors (Lipinski definition) is 0. The van der Waals surface area contributed by atoms with Gasteiger partial charge in [0.2, 0.25) is 5.89 Å². The van der Waals surface area contributed by atoms with Crippen LogP contribution in [0.5, 0.6) is 11.5 Å². The average molecular weight is 374 g/mol. The lowest BCUT2D eigenvalue weighted by Crippen LogP contribution is -2.06. The molecule has 4 aromatic rings. The van der Waals surface area contributed by atoms with Crippen molar-refractivity contribution < 1.29 is 18.7 Å². The first-order valence-electron chi connectivity index (χ1n) is 8.73. The molecule has 2 aromatic heterocycles. The minimum absolute atomic E-state index is 0.0431. The summed E-state index contributed by atoms with van der Waals surface area (Å²) in [6, 6.07) is 14.6. The Kier molecular flexibility index (Phi) is 4.76. The van der Waals surface area contributed by atoms with Crippen molar-refractivity contribution in [3.8, 4) is 23.0 Å². The van der Waals surface area contributed by atoms with Crippen molar-refractivity contribution >= 4 is 16.9 Å². The van der Waals surface area contributed by atoms with Crippen LogP contribution in [-0.4, -0.2) is 30.0 Å². The van der Waals surface area contributed by atoms with Gasteiger partial charge >= 0.3 is 0 Å². The van der Waals surface area contributed by atoms with Gasteiger partial charge < -0.3 is 13.9 Å². The van der Waals surface area contributed by atoms with Crippen LogP contribution in [0.3, 0.4) is 0 Å². The molecule has 0 aliphatic carbocycles. The minimum atomic E-state index is -0.0431. The molecular formula is C22H18N2O4. The number of ether oxygens (including phenoxy) is 2. The number of Topliss-reactive ketones (excluding diaryl/α,β-unsaturated/α-hetero) is 1. The zero-order valence-electron chi connectivity index (χ0n) is 15.5. The summed E-state index contributed by atoms with van der Waals surface area (Å²) in [4.78, 5) is 21.3. The van der Waals surface area contributed by atoms with Gasteiger partial charge in [0, 0.05) is 24.2 Å². The van der Waals surface area contributed by atoms with E-state index in [4.69, 9.17) is 13.9 Å². The number of pyridine rings is 1. The Bertz CT molecular complexity index is 1120. The topological polar surface area (TPSA) is 74.5 Å². The molecule has 6 nitrogen and oxygen atoms in total. The van der Waals surface area contributed by atoms with E-state index in [0.717, 1.165) is 16.6 Å². The van der Waals surface area contributed by atoms with E-state index in [1.165, 1.54) is 7.11 Å². The van der Waals surface area contributed by atoms with Gasteiger partial charge in [-0.3, -0.25) is 9.78 Å². The fraction of sp³-hybridized carbons (Fsp3) is 0.136. The second kappa shape index (κ2) is 7.52. The lowest BCUT2D eigenvalue weighted by atomic mass is 10.0. The van der Waals surface area contributed by atoms with Crippen LogP contribution in [0, 0.1) is 0 Å². The van der Waals surface area contributed by atoms with E-state index in [9.17, 15) is 4.79 Å². The zero-order valence-corrected chi connectivity index (χ0v) is 15.5. The SMILES string of the molecule is COc1ccc(C(=O)Cc2cccc(-c3nc4ccncc4o3)c2)c(OC)c1. The Morgan fingerprint density at radius 3 is 2.75 bits per heavy atom. The molecule has 0 aliphatic rings. The number of carbonyl (C=O) groups is 1. The van der Waals surface area contributed by atoms with Gasteiger partial charge in [-0.1, -0.05) is 12.1 Å². The molecule has 0 spiro atoms. The van der Waals surface area contributed by atoms with Gasteiger partial charge in [-0.15, -0.1) is 0 Å². The predicted octanol–water partition coefficient (Wildman–Crippen LogP) is 4.33. The van der Waals surface area contributed by atoms with Crippen LogP contribution in [0.2, 0.25) is 0 Å². The smallest absolute Gasteiger partial charge is 0.227 e. The molecule has 0 saturated heterocycles. The Morgan fingerprint density at radius 2 is 1.96 bits per heavy atom. The molecule has 0 N–H and O–H groups in total. The quantitative estimate of drug-likeness (QED) is 0.468. The molecule has 0 saturated carbocycles. The molecule has 0 aliphatic heterocycles. The van der Waals surface area contributed by atoms with Crippen molar-refractivity contribution in [2.45, 2.75) is 6.42 Å². The van der Waals surface area contributed by atoms with Crippen LogP contribution in [0.15, 0.2) is 65.3 Å². The van der Waals surface area contributed by atoms with Crippen LogP contribution in [-0.2, 0) is 6.42 Å². The molecule has 6 heteroatoms. The minimum Gasteiger partial charge on any atom is -0.497 e. The first kappa shape index (κ1) is 17.7. The highest BCUT2D eigenvalue weighted by molar-refractivity contribution is 6.00. The van der Waals surface area contributed by atoms with Crippen molar-refractivity contribution in [3.05, 3.63) is 72.1 Å². The van der Waals surface area contributed by atoms with E-state index in [1.807, 2.05) is 24.3 Å². The highest BCUT2D eigenvalue weighted by atomic mass is 16.5. The molecule has 0 atom stereocenters. The van der Waals surface area contributed by atoms with Crippen molar-refractivity contribution in [1.29, 1.82) is 0 Å². The molecule has 140 valence electrons. The number of ketones is 1. The molecule has 0 amide bonds. The van der Waals surface area contributed by atoms with Gasteiger partial charge in [0.05, 0.1) is 26.0 Å². The third-order valence-corrected chi connectivity index (χ3v) is 4.44. The lowest BCUT2D eigenvalue weighted by molar-refractivity contribution is 0.0990. The van der Waals surface area contributed by atoms with Gasteiger partial charge in [0.1, 0.15) is 17.0 Å². The Hall–Kier alpha value is -3.67. The summed E-state index contributed by atoms with van der Waals surface area (Å²) in [5.41, 5.74) is 3.56. The van der Waals surface area contributed by atoms with E-state index < -0.39 is 0 Å². The third-order valence-electron chi connectivity index (χ3n) is 4.44. The number of hydrogen-bond acceptors (Lipinski definition) is 6. The highest BCUT2D eigenvalue weighted by Gasteiger charge is 2.15. The van der Waals surface area contributed by atoms with E-state index in [2.05, 4.69) is 9.97 Å². The van der Waals surface area contributed by atoms with Crippen LogP contribution < -0.4 is 9.47 Å². The molecule has 28 heavy (non-hydrogen) atoms. The van der Waals surface area contributed by atoms with Gasteiger partial charge in [0.15, 0.2) is 11.4 Å². The maximum atomic E-state index is 12.8. The first-order chi connectivity index (χ1) is 13.7. The van der Waals surface area contributed by atoms with Gasteiger partial charge in [-0.25, -0.2) is 4.98 Å². The zero-order chi connectivity index (χ0) is 19.5. The van der Waals surface area contributed by atoms with Crippen LogP contribution in [0.4, 0.5) is 0 Å². The first-order valence-corrected chi connectivity index (χ1v) is 8.73. The second-order valence-corrected chi connectivity index (χ2v) is 6.23. The number of benzene rings is 2. The summed E-state index contributed by atoms with van der Waals surface area (Å²) in [6.07, 6.45) is 3.54. The fourth-order valence-electron chi connectivity index (χ4n) is 3.03. The number of fused-ring (bicyclic) bond motifs is 1. The molecule has 0 bridgehead atoms. The summed E-state index contributed by atoms with van der Waals surface area (Å²) < 4.78 is 16.3. The Balaban J connectivity index is 1.61. The molecule has 0 unspecified atom stereocenters. The molecule has 0 fully saturated rings. The van der Waals surface area contributed by atoms with E-state index in [-0.39, 0.29) is 12.2 Å². The molecule has 4 rings (SSSR count). The molecule has 2 heterocycles. The number of methoxy groups -OCH3 is 2. The summed E-state index contributed by atoms with van der Waals surface area (Å²) in [5.74, 6) is 1.59. The summed E-state index contributed by atoms with van der Waals surface area (Å²) >= 11 is 0. The van der Waals surface area contributed by atoms with Crippen molar-refractivity contribution in [1.82, 2.24) is 9.97 Å². The van der Waals surface area contributed by atoms with E-state index >= 15 is 0 Å². The van der Waals surface area contributed by atoms with Gasteiger partial charge in [0.25, 0.3) is 0 Å². The maximum Gasteiger partial charge on any atom is 0.227 e. The normalized spacial score (nSPS) is 10.8. The number of oxazole rings is 1. The van der Waals surface area contributed by atoms with E-state index in [0.29, 0.717) is 28.5 Å². The standard InChI is InChI=1S/C22H18N2O4/c1-26-16-6-7-17(20(12-16)27-2)19(25)11-14-4-3-5-15(10-14)22-24-18-8-9-23-13-21(18)28-22/h3-10,12-13H,11H2,1-2H3. The van der Waals surface area contributed by atoms with Crippen LogP contribution in [0.25, 0.3) is 22.6 Å². The molecule has 2 aromatic carbocycles. The van der Waals surface area contributed by atoms with Crippen molar-refractivity contribution in [2.24, 2.45) is 0 Å². The third kappa shape index (κ3) is 3.44. The van der Waals surface area contributed by atoms with Gasteiger partial charge in [-0.2, -0.15) is 0 Å². The molecule has 0 radical (unpaired) electrons. The highest BCUT2D eigenvalue weighted by Crippen LogP contribution is 2.27. The number of nitrogens with zero attached hydrogens (tertiary/aromatic N) is 2. The summed E-state index contributed by atoms with van der Waals surface area (Å²) in [6.45, 7) is 0. The van der Waals surface area contributed by atoms with Crippen molar-refractivity contribution in [3.63, 3.8) is 0 Å². The molecular weight excluding hydrogens is 356 g/mol. The van der Waals surface area contributed by atoms with Crippen LogP contribution >= 0.6 is 0 Å². The largest absolute Gasteiger partial charge is 0.497 e. The lowest BCUT2D eigenvalue weighted by Gasteiger charge is -2.10. The Morgan fingerprint density at radius 1 is 1.07 bits per heavy atom. The number of carbonyl (C=O) groups excluding carboxylic acids is 1. The maximum absolute atomic E-state index is 12.8. The van der Waals surface area contributed by atoms with Crippen LogP contribution in [0.1, 0.15) is 15.9 Å². The second-order valence-electron chi connectivity index (χ2n) is 6.23. The summed E-state index contributed by atoms with van der Waals surface area (Å²) in [5, 5.41) is 0. The van der Waals surface area contributed by atoms with E-state index in [1.54, 1.807) is 43.8 Å². The predicted molar refractivity (Wildman–Crippen MR) is 105 cm³/mol. The summed E-state index contributed by atoms with van der Waals surface area (Å²) in [7, 11) is 3.11. The Labute approximate surface area is 161 Å². The van der Waals surface area contributed by atoms with Crippen molar-refractivity contribution in [2.75, 3.05) is 14.2 Å². The fourth-order valence-corrected chi connectivity index (χ4v) is 3.03.